The first-order chi connectivity index (χ1) is 9.10. The summed E-state index contributed by atoms with van der Waals surface area (Å²) in [5.74, 6) is -0.166. The Hall–Kier alpha value is -1.84. The van der Waals surface area contributed by atoms with Gasteiger partial charge in [-0.05, 0) is 42.3 Å². The third-order valence-corrected chi connectivity index (χ3v) is 3.11. The molecule has 0 aromatic heterocycles. The van der Waals surface area contributed by atoms with Gasteiger partial charge in [-0.25, -0.2) is 0 Å². The average Bonchev–Trinajstić information content (AvgIpc) is 2.43. The number of nitrogens with two attached hydrogens (primary N) is 1. The second-order valence-electron chi connectivity index (χ2n) is 4.32. The van der Waals surface area contributed by atoms with Gasteiger partial charge in [-0.2, -0.15) is 0 Å². The molecule has 0 radical (unpaired) electrons. The van der Waals surface area contributed by atoms with Gasteiger partial charge in [-0.1, -0.05) is 29.8 Å². The molecule has 0 fully saturated rings. The molecule has 0 saturated heterocycles. The Labute approximate surface area is 117 Å². The Morgan fingerprint density at radius 2 is 2.05 bits per heavy atom. The van der Waals surface area contributed by atoms with Crippen LogP contribution in [-0.4, -0.2) is 5.91 Å². The minimum Gasteiger partial charge on any atom is -0.326 e. The highest BCUT2D eigenvalue weighted by atomic mass is 35.5. The molecule has 0 atom stereocenters. The molecule has 19 heavy (non-hydrogen) atoms. The topological polar surface area (TPSA) is 55.1 Å². The highest BCUT2D eigenvalue weighted by molar-refractivity contribution is 6.31. The smallest absolute Gasteiger partial charge is 0.255 e. The first-order valence-electron chi connectivity index (χ1n) is 5.96. The summed E-state index contributed by atoms with van der Waals surface area (Å²) >= 11 is 5.93. The summed E-state index contributed by atoms with van der Waals surface area (Å²) in [5, 5.41) is 3.45. The molecule has 0 unspecified atom stereocenters. The zero-order valence-electron chi connectivity index (χ0n) is 10.6. The van der Waals surface area contributed by atoms with Crippen molar-refractivity contribution in [3.63, 3.8) is 0 Å². The Bertz CT molecular complexity index is 611. The molecule has 1 amide bonds. The standard InChI is InChI=1S/C15H15ClN2O/c1-10-5-6-13(16)8-14(10)18-15(19)12-4-2-3-11(7-12)9-17/h2-8H,9,17H2,1H3,(H,18,19). The highest BCUT2D eigenvalue weighted by Gasteiger charge is 2.08. The largest absolute Gasteiger partial charge is 0.326 e. The van der Waals surface area contributed by atoms with Crippen LogP contribution in [0.1, 0.15) is 21.5 Å². The Kier molecular flexibility index (Phi) is 4.20. The Balaban J connectivity index is 2.22. The first kappa shape index (κ1) is 13.6. The number of carbonyl (C=O) groups excluding carboxylic acids is 1. The molecule has 3 nitrogen and oxygen atoms in total. The molecule has 3 N–H and O–H groups in total. The van der Waals surface area contributed by atoms with E-state index in [1.807, 2.05) is 25.1 Å². The van der Waals surface area contributed by atoms with Gasteiger partial charge in [0.25, 0.3) is 5.91 Å². The van der Waals surface area contributed by atoms with Crippen molar-refractivity contribution in [1.82, 2.24) is 0 Å². The van der Waals surface area contributed by atoms with E-state index in [1.165, 1.54) is 0 Å². The number of carbonyl (C=O) groups is 1. The third kappa shape index (κ3) is 3.34. The van der Waals surface area contributed by atoms with Gasteiger partial charge < -0.3 is 11.1 Å². The number of hydrogen-bond donors (Lipinski definition) is 2. The summed E-state index contributed by atoms with van der Waals surface area (Å²) in [5.41, 5.74) is 8.76. The lowest BCUT2D eigenvalue weighted by Gasteiger charge is -2.09. The van der Waals surface area contributed by atoms with E-state index in [0.717, 1.165) is 16.8 Å². The van der Waals surface area contributed by atoms with E-state index in [2.05, 4.69) is 5.32 Å². The molecule has 98 valence electrons. The van der Waals surface area contributed by atoms with Crippen molar-refractivity contribution in [2.24, 2.45) is 5.73 Å². The van der Waals surface area contributed by atoms with Crippen LogP contribution in [0, 0.1) is 6.92 Å². The van der Waals surface area contributed by atoms with Gasteiger partial charge in [-0.3, -0.25) is 4.79 Å². The fraction of sp³-hybridized carbons (Fsp3) is 0.133. The van der Waals surface area contributed by atoms with Crippen LogP contribution in [0.3, 0.4) is 0 Å². The SMILES string of the molecule is Cc1ccc(Cl)cc1NC(=O)c1cccc(CN)c1. The molecule has 0 spiro atoms. The highest BCUT2D eigenvalue weighted by Crippen LogP contribution is 2.21. The van der Waals surface area contributed by atoms with Gasteiger partial charge in [0.2, 0.25) is 0 Å². The van der Waals surface area contributed by atoms with Gasteiger partial charge >= 0.3 is 0 Å². The van der Waals surface area contributed by atoms with Crippen LogP contribution in [0.15, 0.2) is 42.5 Å². The molecule has 0 bridgehead atoms. The number of anilines is 1. The predicted molar refractivity (Wildman–Crippen MR) is 78.5 cm³/mol. The fourth-order valence-corrected chi connectivity index (χ4v) is 1.94. The lowest BCUT2D eigenvalue weighted by molar-refractivity contribution is 0.102. The number of rotatable bonds is 3. The van der Waals surface area contributed by atoms with Crippen molar-refractivity contribution in [3.05, 3.63) is 64.2 Å². The first-order valence-corrected chi connectivity index (χ1v) is 6.34. The maximum Gasteiger partial charge on any atom is 0.255 e. The lowest BCUT2D eigenvalue weighted by Crippen LogP contribution is -2.13. The summed E-state index contributed by atoms with van der Waals surface area (Å²) in [7, 11) is 0. The van der Waals surface area contributed by atoms with Gasteiger partial charge in [-0.15, -0.1) is 0 Å². The van der Waals surface area contributed by atoms with Crippen molar-refractivity contribution in [2.45, 2.75) is 13.5 Å². The Morgan fingerprint density at radius 3 is 2.79 bits per heavy atom. The van der Waals surface area contributed by atoms with Crippen molar-refractivity contribution >= 4 is 23.2 Å². The zero-order chi connectivity index (χ0) is 13.8. The van der Waals surface area contributed by atoms with Gasteiger partial charge in [0.05, 0.1) is 0 Å². The minimum absolute atomic E-state index is 0.166. The summed E-state index contributed by atoms with van der Waals surface area (Å²) in [6.07, 6.45) is 0. The second-order valence-corrected chi connectivity index (χ2v) is 4.75. The number of nitrogens with one attached hydrogen (secondary N) is 1. The lowest BCUT2D eigenvalue weighted by atomic mass is 10.1. The maximum atomic E-state index is 12.2. The van der Waals surface area contributed by atoms with E-state index in [9.17, 15) is 4.79 Å². The van der Waals surface area contributed by atoms with Gasteiger partial charge in [0.1, 0.15) is 0 Å². The van der Waals surface area contributed by atoms with Crippen LogP contribution in [0.4, 0.5) is 5.69 Å². The number of aryl methyl sites for hydroxylation is 1. The number of hydrogen-bond acceptors (Lipinski definition) is 2. The average molecular weight is 275 g/mol. The quantitative estimate of drug-likeness (QED) is 0.902. The van der Waals surface area contributed by atoms with E-state index >= 15 is 0 Å². The summed E-state index contributed by atoms with van der Waals surface area (Å²) in [6.45, 7) is 2.33. The zero-order valence-corrected chi connectivity index (χ0v) is 11.4. The van der Waals surface area contributed by atoms with Crippen LogP contribution in [0.5, 0.6) is 0 Å². The molecular formula is C15H15ClN2O. The summed E-state index contributed by atoms with van der Waals surface area (Å²) in [4.78, 5) is 12.2. The van der Waals surface area contributed by atoms with E-state index in [1.54, 1.807) is 24.3 Å². The van der Waals surface area contributed by atoms with Crippen molar-refractivity contribution in [2.75, 3.05) is 5.32 Å². The second kappa shape index (κ2) is 5.87. The van der Waals surface area contributed by atoms with E-state index in [-0.39, 0.29) is 5.91 Å². The molecule has 0 heterocycles. The molecule has 0 aliphatic rings. The molecule has 2 aromatic carbocycles. The monoisotopic (exact) mass is 274 g/mol. The van der Waals surface area contributed by atoms with Gasteiger partial charge in [0.15, 0.2) is 0 Å². The fourth-order valence-electron chi connectivity index (χ4n) is 1.76. The predicted octanol–water partition coefficient (Wildman–Crippen LogP) is 3.36. The molecular weight excluding hydrogens is 260 g/mol. The molecule has 4 heteroatoms. The molecule has 2 aromatic rings. The Morgan fingerprint density at radius 1 is 1.26 bits per heavy atom. The van der Waals surface area contributed by atoms with Crippen LogP contribution in [0.2, 0.25) is 5.02 Å². The van der Waals surface area contributed by atoms with Crippen LogP contribution in [0.25, 0.3) is 0 Å². The minimum atomic E-state index is -0.166. The van der Waals surface area contributed by atoms with E-state index < -0.39 is 0 Å². The normalized spacial score (nSPS) is 10.3. The van der Waals surface area contributed by atoms with Crippen LogP contribution < -0.4 is 11.1 Å². The summed E-state index contributed by atoms with van der Waals surface area (Å²) in [6, 6.07) is 12.7. The number of amides is 1. The van der Waals surface area contributed by atoms with Crippen molar-refractivity contribution in [3.8, 4) is 0 Å². The van der Waals surface area contributed by atoms with Gasteiger partial charge in [0, 0.05) is 22.8 Å². The van der Waals surface area contributed by atoms with Crippen molar-refractivity contribution in [1.29, 1.82) is 0 Å². The van der Waals surface area contributed by atoms with E-state index in [0.29, 0.717) is 17.1 Å². The maximum absolute atomic E-state index is 12.2. The van der Waals surface area contributed by atoms with Crippen LogP contribution >= 0.6 is 11.6 Å². The molecule has 2 rings (SSSR count). The summed E-state index contributed by atoms with van der Waals surface area (Å²) < 4.78 is 0. The van der Waals surface area contributed by atoms with Crippen LogP contribution in [-0.2, 0) is 6.54 Å². The molecule has 0 aliphatic heterocycles. The number of halogens is 1. The number of benzene rings is 2. The molecule has 0 saturated carbocycles. The third-order valence-electron chi connectivity index (χ3n) is 2.87. The van der Waals surface area contributed by atoms with Crippen molar-refractivity contribution < 1.29 is 4.79 Å². The van der Waals surface area contributed by atoms with E-state index in [4.69, 9.17) is 17.3 Å². The molecule has 0 aliphatic carbocycles.